The van der Waals surface area contributed by atoms with Gasteiger partial charge >= 0.3 is 0 Å². The maximum absolute atomic E-state index is 13.0. The number of hydrogen-bond donors (Lipinski definition) is 1. The van der Waals surface area contributed by atoms with Crippen molar-refractivity contribution in [3.05, 3.63) is 86.6 Å². The van der Waals surface area contributed by atoms with Gasteiger partial charge in [-0.1, -0.05) is 46.9 Å². The van der Waals surface area contributed by atoms with E-state index >= 15 is 0 Å². The molecule has 3 nitrogen and oxygen atoms in total. The molecule has 0 aliphatic carbocycles. The lowest BCUT2D eigenvalue weighted by Crippen LogP contribution is -2.03. The highest BCUT2D eigenvalue weighted by Gasteiger charge is 2.11. The van der Waals surface area contributed by atoms with Crippen molar-refractivity contribution < 1.29 is 13.9 Å². The Balaban J connectivity index is 1.72. The molecule has 0 radical (unpaired) electrons. The van der Waals surface area contributed by atoms with Crippen LogP contribution in [-0.4, -0.2) is 7.11 Å². The summed E-state index contributed by atoms with van der Waals surface area (Å²) in [6.07, 6.45) is 0. The molecule has 0 saturated carbocycles. The Labute approximate surface area is 177 Å². The Hall–Kier alpha value is -2.14. The van der Waals surface area contributed by atoms with Crippen LogP contribution in [0.15, 0.2) is 54.6 Å². The summed E-state index contributed by atoms with van der Waals surface area (Å²) >= 11 is 18.4. The molecular formula is C21H17Cl3FNO2. The van der Waals surface area contributed by atoms with Gasteiger partial charge in [0.05, 0.1) is 7.11 Å². The van der Waals surface area contributed by atoms with Crippen LogP contribution in [0, 0.1) is 5.82 Å². The van der Waals surface area contributed by atoms with E-state index in [1.54, 1.807) is 43.5 Å². The molecular weight excluding hydrogens is 424 g/mol. The molecule has 3 aromatic rings. The predicted octanol–water partition coefficient (Wildman–Crippen LogP) is 6.99. The number of benzene rings is 3. The van der Waals surface area contributed by atoms with Gasteiger partial charge in [-0.05, 0) is 47.5 Å². The van der Waals surface area contributed by atoms with Crippen molar-refractivity contribution in [1.29, 1.82) is 0 Å². The largest absolute Gasteiger partial charge is 0.493 e. The Morgan fingerprint density at radius 2 is 1.57 bits per heavy atom. The Morgan fingerprint density at radius 1 is 0.893 bits per heavy atom. The van der Waals surface area contributed by atoms with Gasteiger partial charge in [-0.25, -0.2) is 4.39 Å². The zero-order chi connectivity index (χ0) is 20.1. The van der Waals surface area contributed by atoms with Crippen molar-refractivity contribution in [2.24, 2.45) is 0 Å². The quantitative estimate of drug-likeness (QED) is 0.429. The van der Waals surface area contributed by atoms with E-state index in [0.717, 1.165) is 16.8 Å². The number of hydrogen-bond acceptors (Lipinski definition) is 3. The predicted molar refractivity (Wildman–Crippen MR) is 113 cm³/mol. The molecule has 0 heterocycles. The van der Waals surface area contributed by atoms with Crippen molar-refractivity contribution in [2.45, 2.75) is 13.2 Å². The number of halogens is 4. The molecule has 0 amide bonds. The van der Waals surface area contributed by atoms with E-state index in [-0.39, 0.29) is 12.4 Å². The first-order valence-electron chi connectivity index (χ1n) is 8.38. The molecule has 3 aromatic carbocycles. The van der Waals surface area contributed by atoms with Gasteiger partial charge in [0.1, 0.15) is 12.4 Å². The minimum atomic E-state index is -0.290. The summed E-state index contributed by atoms with van der Waals surface area (Å²) in [5, 5.41) is 4.85. The summed E-state index contributed by atoms with van der Waals surface area (Å²) < 4.78 is 24.2. The maximum atomic E-state index is 13.0. The Kier molecular flexibility index (Phi) is 6.89. The first kappa shape index (κ1) is 20.6. The Morgan fingerprint density at radius 3 is 2.21 bits per heavy atom. The number of rotatable bonds is 7. The fourth-order valence-electron chi connectivity index (χ4n) is 2.58. The molecule has 7 heteroatoms. The highest BCUT2D eigenvalue weighted by atomic mass is 35.5. The third kappa shape index (κ3) is 5.44. The molecule has 0 aliphatic rings. The van der Waals surface area contributed by atoms with Gasteiger partial charge in [-0.15, -0.1) is 0 Å². The van der Waals surface area contributed by atoms with Gasteiger partial charge in [0.2, 0.25) is 0 Å². The van der Waals surface area contributed by atoms with Crippen LogP contribution in [0.3, 0.4) is 0 Å². The van der Waals surface area contributed by atoms with E-state index in [1.165, 1.54) is 12.1 Å². The lowest BCUT2D eigenvalue weighted by molar-refractivity contribution is 0.284. The first-order chi connectivity index (χ1) is 13.4. The number of anilines is 1. The summed E-state index contributed by atoms with van der Waals surface area (Å²) in [6, 6.07) is 14.8. The summed E-state index contributed by atoms with van der Waals surface area (Å²) in [5.41, 5.74) is 2.44. The second kappa shape index (κ2) is 9.37. The molecule has 0 saturated heterocycles. The molecule has 0 bridgehead atoms. The molecule has 146 valence electrons. The second-order valence-corrected chi connectivity index (χ2v) is 7.30. The van der Waals surface area contributed by atoms with E-state index in [0.29, 0.717) is 33.1 Å². The van der Waals surface area contributed by atoms with Crippen molar-refractivity contribution in [1.82, 2.24) is 0 Å². The van der Waals surface area contributed by atoms with E-state index in [1.807, 2.05) is 6.07 Å². The van der Waals surface area contributed by atoms with Crippen LogP contribution in [0.4, 0.5) is 10.1 Å². The van der Waals surface area contributed by atoms with Crippen molar-refractivity contribution >= 4 is 40.5 Å². The van der Waals surface area contributed by atoms with Gasteiger partial charge < -0.3 is 14.8 Å². The van der Waals surface area contributed by atoms with Gasteiger partial charge in [0.15, 0.2) is 11.5 Å². The highest BCUT2D eigenvalue weighted by molar-refractivity contribution is 6.35. The van der Waals surface area contributed by atoms with Crippen LogP contribution in [0.25, 0.3) is 0 Å². The monoisotopic (exact) mass is 439 g/mol. The molecule has 28 heavy (non-hydrogen) atoms. The van der Waals surface area contributed by atoms with Crippen LogP contribution in [0.5, 0.6) is 11.5 Å². The average Bonchev–Trinajstić information content (AvgIpc) is 2.66. The fraction of sp³-hybridized carbons (Fsp3) is 0.143. The van der Waals surface area contributed by atoms with E-state index < -0.39 is 0 Å². The van der Waals surface area contributed by atoms with Crippen molar-refractivity contribution in [3.63, 3.8) is 0 Å². The molecule has 0 fully saturated rings. The third-order valence-corrected chi connectivity index (χ3v) is 4.77. The van der Waals surface area contributed by atoms with Crippen LogP contribution < -0.4 is 14.8 Å². The van der Waals surface area contributed by atoms with E-state index in [9.17, 15) is 4.39 Å². The summed E-state index contributed by atoms with van der Waals surface area (Å²) in [7, 11) is 1.56. The smallest absolute Gasteiger partial charge is 0.163 e. The van der Waals surface area contributed by atoms with Crippen LogP contribution >= 0.6 is 34.8 Å². The topological polar surface area (TPSA) is 30.5 Å². The Bertz CT molecular complexity index is 944. The SMILES string of the molecule is COc1cc(CNc2cc(Cl)cc(Cl)c2)c(Cl)cc1OCc1ccc(F)cc1. The number of ether oxygens (including phenoxy) is 2. The molecule has 0 unspecified atom stereocenters. The van der Waals surface area contributed by atoms with Gasteiger partial charge in [-0.3, -0.25) is 0 Å². The second-order valence-electron chi connectivity index (χ2n) is 6.02. The minimum Gasteiger partial charge on any atom is -0.493 e. The zero-order valence-corrected chi connectivity index (χ0v) is 17.2. The zero-order valence-electron chi connectivity index (χ0n) is 14.9. The molecule has 1 N–H and O–H groups in total. The third-order valence-electron chi connectivity index (χ3n) is 3.99. The van der Waals surface area contributed by atoms with Gasteiger partial charge in [-0.2, -0.15) is 0 Å². The van der Waals surface area contributed by atoms with E-state index in [4.69, 9.17) is 44.3 Å². The molecule has 0 spiro atoms. The van der Waals surface area contributed by atoms with Gasteiger partial charge in [0, 0.05) is 33.4 Å². The number of methoxy groups -OCH3 is 1. The van der Waals surface area contributed by atoms with Crippen LogP contribution in [-0.2, 0) is 13.2 Å². The normalized spacial score (nSPS) is 10.6. The molecule has 3 rings (SSSR count). The fourth-order valence-corrected chi connectivity index (χ4v) is 3.33. The van der Waals surface area contributed by atoms with Gasteiger partial charge in [0.25, 0.3) is 0 Å². The first-order valence-corrected chi connectivity index (χ1v) is 9.51. The number of nitrogens with one attached hydrogen (secondary N) is 1. The van der Waals surface area contributed by atoms with E-state index in [2.05, 4.69) is 5.32 Å². The summed E-state index contributed by atoms with van der Waals surface area (Å²) in [6.45, 7) is 0.718. The molecule has 0 atom stereocenters. The summed E-state index contributed by atoms with van der Waals surface area (Å²) in [4.78, 5) is 0. The summed E-state index contributed by atoms with van der Waals surface area (Å²) in [5.74, 6) is 0.765. The lowest BCUT2D eigenvalue weighted by Gasteiger charge is -2.15. The minimum absolute atomic E-state index is 0.269. The average molecular weight is 441 g/mol. The lowest BCUT2D eigenvalue weighted by atomic mass is 10.2. The van der Waals surface area contributed by atoms with Crippen LogP contribution in [0.2, 0.25) is 15.1 Å². The van der Waals surface area contributed by atoms with Crippen molar-refractivity contribution in [3.8, 4) is 11.5 Å². The maximum Gasteiger partial charge on any atom is 0.163 e. The van der Waals surface area contributed by atoms with Crippen molar-refractivity contribution in [2.75, 3.05) is 12.4 Å². The molecule has 0 aromatic heterocycles. The van der Waals surface area contributed by atoms with Crippen LogP contribution in [0.1, 0.15) is 11.1 Å². The standard InChI is InChI=1S/C21H17Cl3FNO2/c1-27-20-6-14(11-26-18-8-15(22)7-16(23)9-18)19(24)10-21(20)28-12-13-2-4-17(25)5-3-13/h2-10,26H,11-12H2,1H3. The highest BCUT2D eigenvalue weighted by Crippen LogP contribution is 2.34. The molecule has 0 aliphatic heterocycles.